The van der Waals surface area contributed by atoms with Crippen molar-refractivity contribution in [3.8, 4) is 34.5 Å². The Balaban J connectivity index is 1.78. The fraction of sp³-hybridized carbons (Fsp3) is 0.125. The first kappa shape index (κ1) is 30.1. The second-order valence-corrected chi connectivity index (χ2v) is 11.1. The zero-order chi connectivity index (χ0) is 29.5. The van der Waals surface area contributed by atoms with E-state index in [0.29, 0.717) is 32.7 Å². The third kappa shape index (κ3) is 7.64. The van der Waals surface area contributed by atoms with Crippen molar-refractivity contribution in [2.75, 3.05) is 14.2 Å². The number of ether oxygens (including phenoxy) is 2. The maximum atomic E-state index is 9.97. The highest BCUT2D eigenvalue weighted by Gasteiger charge is 2.22. The lowest BCUT2D eigenvalue weighted by molar-refractivity contribution is 0.403. The Hall–Kier alpha value is -3.91. The summed E-state index contributed by atoms with van der Waals surface area (Å²) in [5.74, 6) is 0.397. The second-order valence-electron chi connectivity index (χ2n) is 8.97. The molecule has 4 rings (SSSR count). The van der Waals surface area contributed by atoms with Crippen LogP contribution in [0.3, 0.4) is 0 Å². The first-order chi connectivity index (χ1) is 19.7. The molecule has 9 heteroatoms. The zero-order valence-corrected chi connectivity index (χ0v) is 24.5. The molecule has 4 aromatic rings. The molecule has 0 spiro atoms. The van der Waals surface area contributed by atoms with E-state index >= 15 is 0 Å². The number of benzene rings is 4. The highest BCUT2D eigenvalue weighted by Crippen LogP contribution is 2.47. The van der Waals surface area contributed by atoms with Crippen LogP contribution < -0.4 is 9.47 Å². The predicted molar refractivity (Wildman–Crippen MR) is 167 cm³/mol. The molecule has 0 saturated heterocycles. The highest BCUT2D eigenvalue weighted by molar-refractivity contribution is 8.00. The quantitative estimate of drug-likeness (QED) is 0.133. The molecule has 0 heterocycles. The highest BCUT2D eigenvalue weighted by atomic mass is 35.5. The van der Waals surface area contributed by atoms with Gasteiger partial charge in [0.2, 0.25) is 0 Å². The van der Waals surface area contributed by atoms with Crippen LogP contribution in [-0.2, 0) is 0 Å². The van der Waals surface area contributed by atoms with Crippen LogP contribution in [-0.4, -0.2) is 34.6 Å². The molecule has 0 aromatic heterocycles. The number of halogens is 2. The molecule has 0 aliphatic heterocycles. The SMILES string of the molecule is COc1ccc(C(/C=C\c2ccc(O)c(O)c2)SC(/C=C\c2ccc(O)c(O)c2)c2ccc(OC)cc2Cl)c(Cl)c1. The van der Waals surface area contributed by atoms with Crippen molar-refractivity contribution in [3.63, 3.8) is 0 Å². The predicted octanol–water partition coefficient (Wildman–Crippen LogP) is 8.78. The van der Waals surface area contributed by atoms with Crippen molar-refractivity contribution in [2.45, 2.75) is 10.5 Å². The number of methoxy groups -OCH3 is 2. The van der Waals surface area contributed by atoms with Gasteiger partial charge < -0.3 is 29.9 Å². The van der Waals surface area contributed by atoms with E-state index in [1.54, 1.807) is 50.2 Å². The van der Waals surface area contributed by atoms with E-state index in [2.05, 4.69) is 0 Å². The number of phenols is 4. The van der Waals surface area contributed by atoms with Crippen LogP contribution in [0.2, 0.25) is 10.0 Å². The van der Waals surface area contributed by atoms with Crippen LogP contribution in [0.1, 0.15) is 32.8 Å². The Bertz CT molecular complexity index is 1470. The van der Waals surface area contributed by atoms with Gasteiger partial charge in [-0.2, -0.15) is 0 Å². The summed E-state index contributed by atoms with van der Waals surface area (Å²) in [6, 6.07) is 20.1. The van der Waals surface area contributed by atoms with Crippen LogP contribution in [0.5, 0.6) is 34.5 Å². The van der Waals surface area contributed by atoms with Crippen molar-refractivity contribution < 1.29 is 29.9 Å². The Morgan fingerprint density at radius 1 is 0.585 bits per heavy atom. The van der Waals surface area contributed by atoms with Gasteiger partial charge >= 0.3 is 0 Å². The van der Waals surface area contributed by atoms with Crippen LogP contribution >= 0.6 is 35.0 Å². The maximum absolute atomic E-state index is 9.97. The summed E-state index contributed by atoms with van der Waals surface area (Å²) >= 11 is 15.0. The summed E-state index contributed by atoms with van der Waals surface area (Å²) in [5, 5.41) is 39.8. The number of aromatic hydroxyl groups is 4. The van der Waals surface area contributed by atoms with Gasteiger partial charge in [0, 0.05) is 10.0 Å². The number of phenolic OH excluding ortho intramolecular Hbond substituents is 4. The number of hydrogen-bond donors (Lipinski definition) is 4. The van der Waals surface area contributed by atoms with E-state index in [-0.39, 0.29) is 33.5 Å². The molecule has 0 fully saturated rings. The van der Waals surface area contributed by atoms with Gasteiger partial charge in [0.1, 0.15) is 11.5 Å². The molecule has 0 bridgehead atoms. The zero-order valence-electron chi connectivity index (χ0n) is 22.2. The number of thioether (sulfide) groups is 1. The largest absolute Gasteiger partial charge is 0.504 e. The summed E-state index contributed by atoms with van der Waals surface area (Å²) in [4.78, 5) is 0. The fourth-order valence-electron chi connectivity index (χ4n) is 4.02. The molecule has 4 N–H and O–H groups in total. The normalized spacial score (nSPS) is 13.0. The minimum Gasteiger partial charge on any atom is -0.504 e. The summed E-state index contributed by atoms with van der Waals surface area (Å²) in [6.45, 7) is 0. The molecule has 2 atom stereocenters. The smallest absolute Gasteiger partial charge is 0.157 e. The molecule has 212 valence electrons. The van der Waals surface area contributed by atoms with Gasteiger partial charge in [0.15, 0.2) is 23.0 Å². The van der Waals surface area contributed by atoms with Crippen molar-refractivity contribution >= 4 is 47.1 Å². The van der Waals surface area contributed by atoms with E-state index in [4.69, 9.17) is 32.7 Å². The summed E-state index contributed by atoms with van der Waals surface area (Å²) in [6.07, 6.45) is 7.58. The number of hydrogen-bond acceptors (Lipinski definition) is 7. The topological polar surface area (TPSA) is 99.4 Å². The molecule has 4 aromatic carbocycles. The van der Waals surface area contributed by atoms with E-state index in [9.17, 15) is 20.4 Å². The van der Waals surface area contributed by atoms with Gasteiger partial charge in [-0.05, 0) is 70.8 Å². The number of rotatable bonds is 10. The average molecular weight is 612 g/mol. The summed E-state index contributed by atoms with van der Waals surface area (Å²) in [5.41, 5.74) is 3.01. The van der Waals surface area contributed by atoms with Crippen molar-refractivity contribution in [1.82, 2.24) is 0 Å². The van der Waals surface area contributed by atoms with Crippen molar-refractivity contribution in [2.24, 2.45) is 0 Å². The third-order valence-corrected chi connectivity index (χ3v) is 8.31. The van der Waals surface area contributed by atoms with Gasteiger partial charge in [-0.1, -0.05) is 71.8 Å². The Morgan fingerprint density at radius 3 is 1.34 bits per heavy atom. The standard InChI is InChI=1S/C32H28Cl2O6S/c1-39-21-7-9-23(25(33)17-21)31(13-5-19-3-11-27(35)29(37)15-19)41-32(24-10-8-22(40-2)18-26(24)34)14-6-20-4-12-28(36)30(38)16-20/h3-18,31-32,35-38H,1-2H3/b13-5-,14-6-. The van der Waals surface area contributed by atoms with Crippen LogP contribution in [0, 0.1) is 0 Å². The van der Waals surface area contributed by atoms with Gasteiger partial charge in [0.05, 0.1) is 24.7 Å². The molecule has 0 amide bonds. The molecular weight excluding hydrogens is 583 g/mol. The Morgan fingerprint density at radius 2 is 1.00 bits per heavy atom. The van der Waals surface area contributed by atoms with Gasteiger partial charge in [-0.15, -0.1) is 11.8 Å². The van der Waals surface area contributed by atoms with Gasteiger partial charge in [-0.3, -0.25) is 0 Å². The molecule has 0 aliphatic carbocycles. The Labute approximate surface area is 252 Å². The first-order valence-corrected chi connectivity index (χ1v) is 14.1. The van der Waals surface area contributed by atoms with Crippen molar-refractivity contribution in [3.05, 3.63) is 117 Å². The third-order valence-electron chi connectivity index (χ3n) is 6.25. The first-order valence-electron chi connectivity index (χ1n) is 12.4. The van der Waals surface area contributed by atoms with E-state index in [0.717, 1.165) is 11.1 Å². The lowest BCUT2D eigenvalue weighted by Crippen LogP contribution is -1.99. The minimum absolute atomic E-state index is 0.203. The minimum atomic E-state index is -0.301. The van der Waals surface area contributed by atoms with Crippen LogP contribution in [0.4, 0.5) is 0 Å². The van der Waals surface area contributed by atoms with Crippen LogP contribution in [0.15, 0.2) is 84.9 Å². The molecule has 0 radical (unpaired) electrons. The molecule has 0 aliphatic rings. The lowest BCUT2D eigenvalue weighted by atomic mass is 10.1. The van der Waals surface area contributed by atoms with Crippen LogP contribution in [0.25, 0.3) is 12.2 Å². The molecule has 2 unspecified atom stereocenters. The summed E-state index contributed by atoms with van der Waals surface area (Å²) in [7, 11) is 3.14. The van der Waals surface area contributed by atoms with E-state index in [1.807, 2.05) is 48.6 Å². The van der Waals surface area contributed by atoms with E-state index < -0.39 is 0 Å². The average Bonchev–Trinajstić information content (AvgIpc) is 2.96. The monoisotopic (exact) mass is 610 g/mol. The molecular formula is C32H28Cl2O6S. The van der Waals surface area contributed by atoms with Crippen molar-refractivity contribution in [1.29, 1.82) is 0 Å². The van der Waals surface area contributed by atoms with E-state index in [1.165, 1.54) is 24.3 Å². The Kier molecular flexibility index (Phi) is 10.00. The molecule has 6 nitrogen and oxygen atoms in total. The second kappa shape index (κ2) is 13.6. The van der Waals surface area contributed by atoms with Gasteiger partial charge in [0.25, 0.3) is 0 Å². The maximum Gasteiger partial charge on any atom is 0.157 e. The fourth-order valence-corrected chi connectivity index (χ4v) is 6.08. The van der Waals surface area contributed by atoms with Gasteiger partial charge in [-0.25, -0.2) is 0 Å². The molecule has 0 saturated carbocycles. The summed E-state index contributed by atoms with van der Waals surface area (Å²) < 4.78 is 10.7. The lowest BCUT2D eigenvalue weighted by Gasteiger charge is -2.22. The molecule has 41 heavy (non-hydrogen) atoms.